The Bertz CT molecular complexity index is 430. The van der Waals surface area contributed by atoms with Gasteiger partial charge in [-0.2, -0.15) is 0 Å². The third-order valence-electron chi connectivity index (χ3n) is 1.84. The van der Waals surface area contributed by atoms with Crippen LogP contribution in [0.2, 0.25) is 0 Å². The van der Waals surface area contributed by atoms with Gasteiger partial charge in [-0.15, -0.1) is 0 Å². The monoisotopic (exact) mass is 213 g/mol. The van der Waals surface area contributed by atoms with Crippen LogP contribution in [0.4, 0.5) is 10.1 Å². The number of hydrogen-bond acceptors (Lipinski definition) is 4. The molecule has 80 valence electrons. The smallest absolute Gasteiger partial charge is 0.311 e. The standard InChI is InChI=1S/C9H8FNO4/c1-5(12)8-6(10)3-4-7(11(13)14)9(8)15-2/h3-4H,1-2H3. The molecule has 0 atom stereocenters. The first kappa shape index (κ1) is 11.1. The highest BCUT2D eigenvalue weighted by Gasteiger charge is 2.24. The summed E-state index contributed by atoms with van der Waals surface area (Å²) in [6, 6.07) is 1.83. The Kier molecular flexibility index (Phi) is 2.99. The molecule has 0 fully saturated rings. The van der Waals surface area contributed by atoms with Crippen molar-refractivity contribution in [1.29, 1.82) is 0 Å². The minimum Gasteiger partial charge on any atom is -0.490 e. The van der Waals surface area contributed by atoms with Gasteiger partial charge in [-0.05, 0) is 13.0 Å². The summed E-state index contributed by atoms with van der Waals surface area (Å²) in [5.74, 6) is -1.79. The van der Waals surface area contributed by atoms with Crippen LogP contribution in [-0.4, -0.2) is 17.8 Å². The van der Waals surface area contributed by atoms with E-state index in [2.05, 4.69) is 4.74 Å². The molecule has 0 amide bonds. The predicted molar refractivity (Wildman–Crippen MR) is 49.6 cm³/mol. The summed E-state index contributed by atoms with van der Waals surface area (Å²) in [6.07, 6.45) is 0. The van der Waals surface area contributed by atoms with Gasteiger partial charge in [-0.25, -0.2) is 4.39 Å². The molecule has 0 saturated heterocycles. The molecule has 0 aliphatic rings. The lowest BCUT2D eigenvalue weighted by Crippen LogP contribution is -2.04. The minimum absolute atomic E-state index is 0.340. The number of hydrogen-bond donors (Lipinski definition) is 0. The van der Waals surface area contributed by atoms with Crippen LogP contribution in [0.1, 0.15) is 17.3 Å². The SMILES string of the molecule is COc1c([N+](=O)[O-])ccc(F)c1C(C)=O. The second kappa shape index (κ2) is 4.04. The molecule has 5 nitrogen and oxygen atoms in total. The number of methoxy groups -OCH3 is 1. The van der Waals surface area contributed by atoms with Gasteiger partial charge in [0.25, 0.3) is 0 Å². The van der Waals surface area contributed by atoms with Crippen molar-refractivity contribution in [3.05, 3.63) is 33.6 Å². The molecule has 1 aromatic carbocycles. The van der Waals surface area contributed by atoms with Crippen molar-refractivity contribution in [2.24, 2.45) is 0 Å². The molecule has 6 heteroatoms. The summed E-state index contributed by atoms with van der Waals surface area (Å²) >= 11 is 0. The van der Waals surface area contributed by atoms with Crippen molar-refractivity contribution in [1.82, 2.24) is 0 Å². The van der Waals surface area contributed by atoms with Gasteiger partial charge in [0.05, 0.1) is 12.0 Å². The molecule has 0 radical (unpaired) electrons. The van der Waals surface area contributed by atoms with Crippen LogP contribution in [0, 0.1) is 15.9 Å². The van der Waals surface area contributed by atoms with Gasteiger partial charge < -0.3 is 4.74 Å². The number of carbonyl (C=O) groups excluding carboxylic acids is 1. The highest BCUT2D eigenvalue weighted by atomic mass is 19.1. The van der Waals surface area contributed by atoms with Crippen LogP contribution in [-0.2, 0) is 0 Å². The van der Waals surface area contributed by atoms with Gasteiger partial charge in [0, 0.05) is 6.07 Å². The molecule has 1 aromatic rings. The number of nitro benzene ring substituents is 1. The molecular formula is C9H8FNO4. The maximum atomic E-state index is 13.2. The van der Waals surface area contributed by atoms with E-state index >= 15 is 0 Å². The summed E-state index contributed by atoms with van der Waals surface area (Å²) in [5, 5.41) is 10.6. The average Bonchev–Trinajstić information content (AvgIpc) is 2.15. The number of ketones is 1. The fourth-order valence-electron chi connectivity index (χ4n) is 1.23. The zero-order valence-electron chi connectivity index (χ0n) is 8.11. The number of ether oxygens (including phenoxy) is 1. The number of rotatable bonds is 3. The normalized spacial score (nSPS) is 9.80. The van der Waals surface area contributed by atoms with Gasteiger partial charge in [0.2, 0.25) is 5.75 Å². The minimum atomic E-state index is -0.829. The Balaban J connectivity index is 3.54. The summed E-state index contributed by atoms with van der Waals surface area (Å²) < 4.78 is 17.9. The fourth-order valence-corrected chi connectivity index (χ4v) is 1.23. The quantitative estimate of drug-likeness (QED) is 0.437. The number of nitrogens with zero attached hydrogens (tertiary/aromatic N) is 1. The number of nitro groups is 1. The predicted octanol–water partition coefficient (Wildman–Crippen LogP) is 1.95. The maximum Gasteiger partial charge on any atom is 0.311 e. The summed E-state index contributed by atoms with van der Waals surface area (Å²) in [5.41, 5.74) is -0.823. The van der Waals surface area contributed by atoms with E-state index in [1.54, 1.807) is 0 Å². The molecule has 0 spiro atoms. The Morgan fingerprint density at radius 2 is 2.13 bits per heavy atom. The summed E-state index contributed by atoms with van der Waals surface area (Å²) in [7, 11) is 1.15. The molecule has 1 rings (SSSR count). The zero-order chi connectivity index (χ0) is 11.6. The number of halogens is 1. The van der Waals surface area contributed by atoms with Crippen LogP contribution in [0.5, 0.6) is 5.75 Å². The highest BCUT2D eigenvalue weighted by molar-refractivity contribution is 5.98. The van der Waals surface area contributed by atoms with Gasteiger partial charge in [0.1, 0.15) is 11.4 Å². The first-order valence-electron chi connectivity index (χ1n) is 4.00. The first-order chi connectivity index (χ1) is 6.99. The molecule has 0 bridgehead atoms. The third kappa shape index (κ3) is 1.93. The van der Waals surface area contributed by atoms with Crippen molar-refractivity contribution in [3.63, 3.8) is 0 Å². The Morgan fingerprint density at radius 1 is 1.53 bits per heavy atom. The Morgan fingerprint density at radius 3 is 2.53 bits per heavy atom. The van der Waals surface area contributed by atoms with E-state index in [0.717, 1.165) is 26.2 Å². The Hall–Kier alpha value is -1.98. The van der Waals surface area contributed by atoms with Crippen molar-refractivity contribution in [2.45, 2.75) is 6.92 Å². The molecule has 15 heavy (non-hydrogen) atoms. The largest absolute Gasteiger partial charge is 0.490 e. The zero-order valence-corrected chi connectivity index (χ0v) is 8.11. The second-order valence-electron chi connectivity index (χ2n) is 2.79. The molecule has 0 aliphatic carbocycles. The van der Waals surface area contributed by atoms with E-state index in [-0.39, 0.29) is 5.75 Å². The van der Waals surface area contributed by atoms with Crippen molar-refractivity contribution < 1.29 is 18.8 Å². The van der Waals surface area contributed by atoms with E-state index in [4.69, 9.17) is 0 Å². The molecule has 0 aliphatic heterocycles. The molecular weight excluding hydrogens is 205 g/mol. The summed E-state index contributed by atoms with van der Waals surface area (Å²) in [6.45, 7) is 1.12. The topological polar surface area (TPSA) is 69.4 Å². The average molecular weight is 213 g/mol. The number of carbonyl (C=O) groups is 1. The van der Waals surface area contributed by atoms with E-state index in [1.165, 1.54) is 0 Å². The fraction of sp³-hybridized carbons (Fsp3) is 0.222. The lowest BCUT2D eigenvalue weighted by molar-refractivity contribution is -0.385. The van der Waals surface area contributed by atoms with Crippen LogP contribution in [0.3, 0.4) is 0 Å². The van der Waals surface area contributed by atoms with Gasteiger partial charge in [-0.1, -0.05) is 0 Å². The molecule has 0 N–H and O–H groups in total. The Labute approximate surface area is 84.6 Å². The van der Waals surface area contributed by atoms with Gasteiger partial charge in [-0.3, -0.25) is 14.9 Å². The summed E-state index contributed by atoms with van der Waals surface area (Å²) in [4.78, 5) is 20.9. The molecule has 0 heterocycles. The van der Waals surface area contributed by atoms with E-state index in [0.29, 0.717) is 0 Å². The number of Topliss-reactive ketones (excluding diaryl/α,β-unsaturated/α-hetero) is 1. The van der Waals surface area contributed by atoms with Crippen LogP contribution in [0.15, 0.2) is 12.1 Å². The number of benzene rings is 1. The van der Waals surface area contributed by atoms with Crippen LogP contribution >= 0.6 is 0 Å². The van der Waals surface area contributed by atoms with Gasteiger partial charge >= 0.3 is 5.69 Å². The second-order valence-corrected chi connectivity index (χ2v) is 2.79. The van der Waals surface area contributed by atoms with E-state index in [1.807, 2.05) is 0 Å². The molecule has 0 aromatic heterocycles. The lowest BCUT2D eigenvalue weighted by atomic mass is 10.1. The van der Waals surface area contributed by atoms with E-state index < -0.39 is 27.8 Å². The lowest BCUT2D eigenvalue weighted by Gasteiger charge is -2.06. The molecule has 0 saturated carbocycles. The van der Waals surface area contributed by atoms with Crippen molar-refractivity contribution in [2.75, 3.05) is 7.11 Å². The highest BCUT2D eigenvalue weighted by Crippen LogP contribution is 2.32. The van der Waals surface area contributed by atoms with Crippen LogP contribution < -0.4 is 4.74 Å². The molecule has 0 unspecified atom stereocenters. The first-order valence-corrected chi connectivity index (χ1v) is 4.00. The maximum absolute atomic E-state index is 13.2. The van der Waals surface area contributed by atoms with Crippen molar-refractivity contribution in [3.8, 4) is 5.75 Å². The van der Waals surface area contributed by atoms with Crippen molar-refractivity contribution >= 4 is 11.5 Å². The third-order valence-corrected chi connectivity index (χ3v) is 1.84. The van der Waals surface area contributed by atoms with Gasteiger partial charge in [0.15, 0.2) is 5.78 Å². The van der Waals surface area contributed by atoms with E-state index in [9.17, 15) is 19.3 Å². The van der Waals surface area contributed by atoms with Crippen LogP contribution in [0.25, 0.3) is 0 Å².